The van der Waals surface area contributed by atoms with Gasteiger partial charge in [0.15, 0.2) is 0 Å². The van der Waals surface area contributed by atoms with E-state index < -0.39 is 5.91 Å². The van der Waals surface area contributed by atoms with Crippen LogP contribution in [-0.4, -0.2) is 50.0 Å². The van der Waals surface area contributed by atoms with Crippen molar-refractivity contribution in [3.8, 4) is 5.75 Å². The lowest BCUT2D eigenvalue weighted by Crippen LogP contribution is -2.48. The molecule has 0 unspecified atom stereocenters. The number of benzene rings is 2. The molecule has 0 spiro atoms. The van der Waals surface area contributed by atoms with Crippen molar-refractivity contribution < 1.29 is 14.3 Å². The van der Waals surface area contributed by atoms with Crippen LogP contribution in [0.25, 0.3) is 0 Å². The summed E-state index contributed by atoms with van der Waals surface area (Å²) in [7, 11) is 1.44. The van der Waals surface area contributed by atoms with E-state index in [9.17, 15) is 9.59 Å². The smallest absolute Gasteiger partial charge is 0.259 e. The predicted molar refractivity (Wildman–Crippen MR) is 126 cm³/mol. The number of methoxy groups -OCH3 is 1. The maximum Gasteiger partial charge on any atom is 0.259 e. The summed E-state index contributed by atoms with van der Waals surface area (Å²) in [6, 6.07) is 8.36. The molecule has 2 amide bonds. The lowest BCUT2D eigenvalue weighted by atomic mass is 10.1. The van der Waals surface area contributed by atoms with Gasteiger partial charge in [-0.3, -0.25) is 9.59 Å². The number of hydrogen-bond acceptors (Lipinski definition) is 4. The maximum atomic E-state index is 12.7. The number of carbonyl (C=O) groups is 2. The zero-order valence-electron chi connectivity index (χ0n) is 17.4. The van der Waals surface area contributed by atoms with Gasteiger partial charge < -0.3 is 19.9 Å². The summed E-state index contributed by atoms with van der Waals surface area (Å²) in [6.45, 7) is 4.76. The molecule has 1 N–H and O–H groups in total. The lowest BCUT2D eigenvalue weighted by Gasteiger charge is -2.36. The first-order valence-electron chi connectivity index (χ1n) is 10.0. The zero-order chi connectivity index (χ0) is 22.5. The van der Waals surface area contributed by atoms with Crippen molar-refractivity contribution in [1.29, 1.82) is 0 Å². The summed E-state index contributed by atoms with van der Waals surface area (Å²) in [4.78, 5) is 28.9. The van der Waals surface area contributed by atoms with Crippen LogP contribution in [0.2, 0.25) is 15.1 Å². The van der Waals surface area contributed by atoms with Gasteiger partial charge in [-0.1, -0.05) is 41.7 Å². The largest absolute Gasteiger partial charge is 0.494 e. The third kappa shape index (κ3) is 5.56. The fraction of sp³-hybridized carbons (Fsp3) is 0.364. The van der Waals surface area contributed by atoms with Gasteiger partial charge in [-0.15, -0.1) is 0 Å². The molecule has 0 saturated carbocycles. The van der Waals surface area contributed by atoms with Gasteiger partial charge in [0, 0.05) is 43.3 Å². The highest BCUT2D eigenvalue weighted by molar-refractivity contribution is 6.36. The molecule has 1 heterocycles. The second-order valence-electron chi connectivity index (χ2n) is 7.21. The van der Waals surface area contributed by atoms with Crippen LogP contribution in [0.15, 0.2) is 30.3 Å². The molecule has 6 nitrogen and oxygen atoms in total. The average Bonchev–Trinajstić information content (AvgIpc) is 2.73. The van der Waals surface area contributed by atoms with Crippen molar-refractivity contribution in [1.82, 2.24) is 4.90 Å². The predicted octanol–water partition coefficient (Wildman–Crippen LogP) is 5.36. The lowest BCUT2D eigenvalue weighted by molar-refractivity contribution is -0.131. The van der Waals surface area contributed by atoms with Crippen LogP contribution >= 0.6 is 34.8 Å². The number of nitrogens with one attached hydrogen (secondary N) is 1. The third-order valence-corrected chi connectivity index (χ3v) is 5.90. The molecule has 1 fully saturated rings. The van der Waals surface area contributed by atoms with Gasteiger partial charge in [-0.05, 0) is 36.8 Å². The third-order valence-electron chi connectivity index (χ3n) is 5.10. The summed E-state index contributed by atoms with van der Waals surface area (Å²) < 4.78 is 5.24. The molecular weight excluding hydrogens is 461 g/mol. The number of amides is 2. The number of carbonyl (C=O) groups excluding carboxylic acids is 2. The molecule has 2 aromatic carbocycles. The van der Waals surface area contributed by atoms with Gasteiger partial charge in [-0.2, -0.15) is 0 Å². The first-order valence-corrected chi connectivity index (χ1v) is 11.1. The minimum absolute atomic E-state index is 0.197. The molecule has 0 radical (unpaired) electrons. The average molecular weight is 485 g/mol. The van der Waals surface area contributed by atoms with E-state index in [1.165, 1.54) is 19.2 Å². The van der Waals surface area contributed by atoms with Crippen LogP contribution in [0.5, 0.6) is 5.75 Å². The van der Waals surface area contributed by atoms with E-state index in [0.717, 1.165) is 12.1 Å². The highest BCUT2D eigenvalue weighted by atomic mass is 35.5. The molecular formula is C22H24Cl3N3O3. The molecule has 3 rings (SSSR count). The van der Waals surface area contributed by atoms with Crippen molar-refractivity contribution in [3.05, 3.63) is 51.0 Å². The van der Waals surface area contributed by atoms with E-state index in [2.05, 4.69) is 10.2 Å². The Balaban J connectivity index is 1.69. The van der Waals surface area contributed by atoms with Crippen LogP contribution in [-0.2, 0) is 4.79 Å². The molecule has 0 aromatic heterocycles. The molecule has 0 aliphatic carbocycles. The maximum absolute atomic E-state index is 12.7. The molecule has 0 atom stereocenters. The number of anilines is 2. The number of halogens is 3. The molecule has 0 bridgehead atoms. The standard InChI is InChI=1S/C22H24Cl3N3O3/c1-3-4-20(29)28-9-7-27(8-10-28)19-6-5-15(13-17(19)24)26-22(30)16-11-14(23)12-18(25)21(16)31-2/h5-6,11-13H,3-4,7-10H2,1-2H3,(H,26,30). The quantitative estimate of drug-likeness (QED) is 0.600. The van der Waals surface area contributed by atoms with Crippen molar-refractivity contribution >= 4 is 58.0 Å². The van der Waals surface area contributed by atoms with E-state index in [4.69, 9.17) is 39.5 Å². The van der Waals surface area contributed by atoms with Crippen LogP contribution in [0.3, 0.4) is 0 Å². The monoisotopic (exact) mass is 483 g/mol. The first-order chi connectivity index (χ1) is 14.8. The van der Waals surface area contributed by atoms with E-state index in [-0.39, 0.29) is 22.2 Å². The van der Waals surface area contributed by atoms with Crippen LogP contribution < -0.4 is 15.0 Å². The molecule has 9 heteroatoms. The summed E-state index contributed by atoms with van der Waals surface area (Å²) in [6.07, 6.45) is 1.43. The Morgan fingerprint density at radius 2 is 1.74 bits per heavy atom. The van der Waals surface area contributed by atoms with Crippen LogP contribution in [0.4, 0.5) is 11.4 Å². The van der Waals surface area contributed by atoms with Crippen molar-refractivity contribution in [2.45, 2.75) is 19.8 Å². The van der Waals surface area contributed by atoms with Gasteiger partial charge in [0.05, 0.1) is 28.4 Å². The van der Waals surface area contributed by atoms with E-state index in [1.54, 1.807) is 12.1 Å². The highest BCUT2D eigenvalue weighted by Gasteiger charge is 2.22. The van der Waals surface area contributed by atoms with Gasteiger partial charge in [0.2, 0.25) is 5.91 Å². The van der Waals surface area contributed by atoms with Gasteiger partial charge >= 0.3 is 0 Å². The second-order valence-corrected chi connectivity index (χ2v) is 8.46. The van der Waals surface area contributed by atoms with Crippen molar-refractivity contribution in [2.24, 2.45) is 0 Å². The number of rotatable bonds is 6. The van der Waals surface area contributed by atoms with Crippen LogP contribution in [0, 0.1) is 0 Å². The zero-order valence-corrected chi connectivity index (χ0v) is 19.7. The first kappa shape index (κ1) is 23.5. The molecule has 1 saturated heterocycles. The Labute approximate surface area is 197 Å². The van der Waals surface area contributed by atoms with E-state index in [1.807, 2.05) is 17.9 Å². The minimum Gasteiger partial charge on any atom is -0.494 e. The number of piperazine rings is 1. The summed E-state index contributed by atoms with van der Waals surface area (Å²) in [5.74, 6) is 0.0396. The Kier molecular flexibility index (Phi) is 7.92. The molecule has 31 heavy (non-hydrogen) atoms. The fourth-order valence-electron chi connectivity index (χ4n) is 3.54. The summed E-state index contributed by atoms with van der Waals surface area (Å²) >= 11 is 18.7. The Hall–Kier alpha value is -2.15. The van der Waals surface area contributed by atoms with Crippen LogP contribution in [0.1, 0.15) is 30.1 Å². The summed E-state index contributed by atoms with van der Waals surface area (Å²) in [5, 5.41) is 3.91. The van der Waals surface area contributed by atoms with Crippen molar-refractivity contribution in [2.75, 3.05) is 43.5 Å². The van der Waals surface area contributed by atoms with E-state index in [0.29, 0.717) is 48.3 Å². The summed E-state index contributed by atoms with van der Waals surface area (Å²) in [5.41, 5.74) is 1.63. The minimum atomic E-state index is -0.409. The van der Waals surface area contributed by atoms with Gasteiger partial charge in [0.25, 0.3) is 5.91 Å². The number of hydrogen-bond donors (Lipinski definition) is 1. The fourth-order valence-corrected chi connectivity index (χ4v) is 4.42. The molecule has 166 valence electrons. The van der Waals surface area contributed by atoms with Crippen molar-refractivity contribution in [3.63, 3.8) is 0 Å². The Morgan fingerprint density at radius 3 is 2.35 bits per heavy atom. The molecule has 1 aliphatic rings. The Bertz CT molecular complexity index is 976. The Morgan fingerprint density at radius 1 is 1.03 bits per heavy atom. The SMILES string of the molecule is CCCC(=O)N1CCN(c2ccc(NC(=O)c3cc(Cl)cc(Cl)c3OC)cc2Cl)CC1. The van der Waals surface area contributed by atoms with E-state index >= 15 is 0 Å². The topological polar surface area (TPSA) is 61.9 Å². The highest BCUT2D eigenvalue weighted by Crippen LogP contribution is 2.34. The number of ether oxygens (including phenoxy) is 1. The second kappa shape index (κ2) is 10.4. The van der Waals surface area contributed by atoms with Gasteiger partial charge in [0.1, 0.15) is 5.75 Å². The molecule has 1 aliphatic heterocycles. The normalized spacial score (nSPS) is 13.8. The molecule has 2 aromatic rings. The van der Waals surface area contributed by atoms with Gasteiger partial charge in [-0.25, -0.2) is 0 Å². The number of nitrogens with zero attached hydrogens (tertiary/aromatic N) is 2.